The minimum atomic E-state index is -1.07. The number of carboxylic acids is 4. The summed E-state index contributed by atoms with van der Waals surface area (Å²) in [4.78, 5) is 70.1. The lowest BCUT2D eigenvalue weighted by Crippen LogP contribution is -2.51. The average Bonchev–Trinajstić information content (AvgIpc) is 2.95. The number of unbranched alkanes of at least 4 members (excludes halogenated alkanes) is 1. The van der Waals surface area contributed by atoms with Crippen molar-refractivity contribution in [2.75, 3.05) is 78.5 Å². The second-order valence-corrected chi connectivity index (χ2v) is 11.0. The predicted molar refractivity (Wildman–Crippen MR) is 160 cm³/mol. The average molecular weight is 623 g/mol. The maximum absolute atomic E-state index is 12.6. The van der Waals surface area contributed by atoms with Gasteiger partial charge in [0.2, 0.25) is 0 Å². The molecule has 15 heteroatoms. The van der Waals surface area contributed by atoms with E-state index in [-0.39, 0.29) is 96.6 Å². The Hall–Kier alpha value is -3.66. The molecule has 1 amide bonds. The van der Waals surface area contributed by atoms with Crippen LogP contribution in [0.1, 0.15) is 48.7 Å². The Bertz CT molecular complexity index is 1060. The first kappa shape index (κ1) is 36.5. The lowest BCUT2D eigenvalue weighted by molar-refractivity contribution is -0.145. The molecule has 0 saturated carbocycles. The van der Waals surface area contributed by atoms with Crippen molar-refractivity contribution in [2.24, 2.45) is 0 Å². The summed E-state index contributed by atoms with van der Waals surface area (Å²) < 4.78 is 0. The molecular weight excluding hydrogens is 576 g/mol. The van der Waals surface area contributed by atoms with Crippen LogP contribution in [0.2, 0.25) is 0 Å². The molecule has 15 nitrogen and oxygen atoms in total. The van der Waals surface area contributed by atoms with E-state index in [1.54, 1.807) is 31.9 Å². The molecule has 2 heterocycles. The van der Waals surface area contributed by atoms with E-state index in [0.29, 0.717) is 6.42 Å². The van der Waals surface area contributed by atoms with Crippen molar-refractivity contribution in [3.63, 3.8) is 0 Å². The molecule has 2 rings (SSSR count). The number of aromatic nitrogens is 1. The Morgan fingerprint density at radius 3 is 1.68 bits per heavy atom. The van der Waals surface area contributed by atoms with Crippen LogP contribution in [0.5, 0.6) is 0 Å². The molecule has 1 unspecified atom stereocenters. The summed E-state index contributed by atoms with van der Waals surface area (Å²) in [5.74, 6) is -4.59. The molecule has 246 valence electrons. The molecule has 1 aromatic rings. The van der Waals surface area contributed by atoms with Crippen molar-refractivity contribution in [1.82, 2.24) is 29.9 Å². The van der Waals surface area contributed by atoms with E-state index < -0.39 is 29.9 Å². The monoisotopic (exact) mass is 622 g/mol. The lowest BCUT2D eigenvalue weighted by atomic mass is 10.1. The van der Waals surface area contributed by atoms with Gasteiger partial charge in [0, 0.05) is 65.1 Å². The van der Waals surface area contributed by atoms with Gasteiger partial charge in [-0.15, -0.1) is 0 Å². The van der Waals surface area contributed by atoms with Gasteiger partial charge in [-0.05, 0) is 37.3 Å². The number of carbonyl (C=O) groups excluding carboxylic acids is 1. The van der Waals surface area contributed by atoms with Gasteiger partial charge in [-0.1, -0.05) is 19.4 Å². The highest BCUT2D eigenvalue weighted by Crippen LogP contribution is 2.11. The molecule has 0 aliphatic carbocycles. The number of pyridine rings is 1. The fourth-order valence-corrected chi connectivity index (χ4v) is 5.05. The van der Waals surface area contributed by atoms with Gasteiger partial charge >= 0.3 is 23.9 Å². The molecule has 0 aromatic carbocycles. The topological polar surface area (TPSA) is 204 Å². The van der Waals surface area contributed by atoms with Gasteiger partial charge < -0.3 is 25.7 Å². The van der Waals surface area contributed by atoms with E-state index in [2.05, 4.69) is 17.2 Å². The third-order valence-corrected chi connectivity index (χ3v) is 7.49. The first-order valence-electron chi connectivity index (χ1n) is 15.0. The van der Waals surface area contributed by atoms with Gasteiger partial charge in [0.25, 0.3) is 5.91 Å². The summed E-state index contributed by atoms with van der Waals surface area (Å²) in [6.45, 7) is 3.27. The van der Waals surface area contributed by atoms with Crippen molar-refractivity contribution in [2.45, 2.75) is 45.1 Å². The molecule has 1 aromatic heterocycles. The third kappa shape index (κ3) is 14.2. The molecule has 1 aliphatic rings. The molecule has 1 fully saturated rings. The second-order valence-electron chi connectivity index (χ2n) is 11.0. The molecule has 44 heavy (non-hydrogen) atoms. The standard InChI is InChI=1S/C29H46N6O9/c1-2-3-5-22-7-8-23(31-18-22)28(42)30-9-4-6-24(29(43)44)35-16-14-33(20-26(38)39)12-10-32(19-25(36)37)11-13-34(15-17-35)21-27(40)41/h7-8,18,24H,2-6,9-17,19-21H2,1H3,(H,30,42)(H,36,37)(H,38,39)(H,40,41)(H,43,44). The fourth-order valence-electron chi connectivity index (χ4n) is 5.05. The lowest BCUT2D eigenvalue weighted by Gasteiger charge is -2.35. The SMILES string of the molecule is CCCCc1ccc(C(=O)NCCCC(C(=O)O)N2CCN(CC(=O)O)CCN(CC(=O)O)CCN(CC(=O)O)CC2)nc1. The number of hydrogen-bond donors (Lipinski definition) is 5. The van der Waals surface area contributed by atoms with Crippen molar-refractivity contribution in [1.29, 1.82) is 0 Å². The van der Waals surface area contributed by atoms with Crippen LogP contribution in [0.15, 0.2) is 18.3 Å². The van der Waals surface area contributed by atoms with Gasteiger partial charge in [-0.3, -0.25) is 48.6 Å². The number of aliphatic carboxylic acids is 4. The zero-order valence-electron chi connectivity index (χ0n) is 25.4. The smallest absolute Gasteiger partial charge is 0.320 e. The van der Waals surface area contributed by atoms with E-state index >= 15 is 0 Å². The highest BCUT2D eigenvalue weighted by atomic mass is 16.4. The second kappa shape index (κ2) is 19.6. The zero-order valence-corrected chi connectivity index (χ0v) is 25.4. The Balaban J connectivity index is 2.08. The maximum Gasteiger partial charge on any atom is 0.320 e. The van der Waals surface area contributed by atoms with Gasteiger partial charge in [-0.25, -0.2) is 0 Å². The summed E-state index contributed by atoms with van der Waals surface area (Å²) in [6, 6.07) is 2.59. The molecule has 0 radical (unpaired) electrons. The Kier molecular flexibility index (Phi) is 16.3. The summed E-state index contributed by atoms with van der Waals surface area (Å²) in [6.07, 6.45) is 5.23. The van der Waals surface area contributed by atoms with Crippen LogP contribution >= 0.6 is 0 Å². The van der Waals surface area contributed by atoms with Gasteiger partial charge in [0.15, 0.2) is 0 Å². The molecule has 0 bridgehead atoms. The van der Waals surface area contributed by atoms with Crippen LogP contribution in [0.25, 0.3) is 0 Å². The number of rotatable bonds is 16. The third-order valence-electron chi connectivity index (χ3n) is 7.49. The molecule has 1 atom stereocenters. The minimum Gasteiger partial charge on any atom is -0.480 e. The number of aryl methyl sites for hydroxylation is 1. The Morgan fingerprint density at radius 2 is 1.27 bits per heavy atom. The number of amides is 1. The molecular formula is C29H46N6O9. The maximum atomic E-state index is 12.6. The Morgan fingerprint density at radius 1 is 0.773 bits per heavy atom. The van der Waals surface area contributed by atoms with Crippen molar-refractivity contribution in [3.05, 3.63) is 29.6 Å². The first-order valence-corrected chi connectivity index (χ1v) is 15.0. The van der Waals surface area contributed by atoms with Gasteiger partial charge in [-0.2, -0.15) is 0 Å². The largest absolute Gasteiger partial charge is 0.480 e. The van der Waals surface area contributed by atoms with E-state index in [0.717, 1.165) is 24.8 Å². The number of carboxylic acid groups (broad SMARTS) is 4. The van der Waals surface area contributed by atoms with E-state index in [1.165, 1.54) is 0 Å². The Labute approximate surface area is 257 Å². The number of carbonyl (C=O) groups is 5. The van der Waals surface area contributed by atoms with Crippen LogP contribution in [0.3, 0.4) is 0 Å². The van der Waals surface area contributed by atoms with Gasteiger partial charge in [0.05, 0.1) is 19.6 Å². The van der Waals surface area contributed by atoms with Crippen LogP contribution in [0.4, 0.5) is 0 Å². The van der Waals surface area contributed by atoms with Crippen molar-refractivity contribution in [3.8, 4) is 0 Å². The molecule has 5 N–H and O–H groups in total. The zero-order chi connectivity index (χ0) is 32.5. The summed E-state index contributed by atoms with van der Waals surface area (Å²) >= 11 is 0. The molecule has 0 spiro atoms. The number of hydrogen-bond acceptors (Lipinski definition) is 10. The van der Waals surface area contributed by atoms with Crippen LogP contribution in [0, 0.1) is 0 Å². The van der Waals surface area contributed by atoms with E-state index in [9.17, 15) is 44.4 Å². The quantitative estimate of drug-likeness (QED) is 0.152. The van der Waals surface area contributed by atoms with Crippen LogP contribution in [-0.4, -0.2) is 159 Å². The minimum absolute atomic E-state index is 0.198. The molecule has 1 aliphatic heterocycles. The fraction of sp³-hybridized carbons (Fsp3) is 0.655. The summed E-state index contributed by atoms with van der Waals surface area (Å²) in [5, 5.41) is 41.0. The van der Waals surface area contributed by atoms with Crippen LogP contribution < -0.4 is 5.32 Å². The summed E-state index contributed by atoms with van der Waals surface area (Å²) in [7, 11) is 0. The highest BCUT2D eigenvalue weighted by molar-refractivity contribution is 5.92. The van der Waals surface area contributed by atoms with E-state index in [1.807, 2.05) is 6.07 Å². The summed E-state index contributed by atoms with van der Waals surface area (Å²) in [5.41, 5.74) is 1.34. The van der Waals surface area contributed by atoms with Crippen molar-refractivity contribution >= 4 is 29.8 Å². The predicted octanol–water partition coefficient (Wildman–Crippen LogP) is -0.137. The number of nitrogens with one attached hydrogen (secondary N) is 1. The first-order chi connectivity index (χ1) is 21.0. The van der Waals surface area contributed by atoms with E-state index in [4.69, 9.17) is 0 Å². The van der Waals surface area contributed by atoms with Crippen molar-refractivity contribution < 1.29 is 44.4 Å². The number of nitrogens with zero attached hydrogens (tertiary/aromatic N) is 5. The van der Waals surface area contributed by atoms with Gasteiger partial charge in [0.1, 0.15) is 11.7 Å². The van der Waals surface area contributed by atoms with Crippen LogP contribution in [-0.2, 0) is 25.6 Å². The molecule has 1 saturated heterocycles. The normalized spacial score (nSPS) is 17.2. The highest BCUT2D eigenvalue weighted by Gasteiger charge is 2.28.